The Hall–Kier alpha value is -1.22. The summed E-state index contributed by atoms with van der Waals surface area (Å²) < 4.78 is 5.39. The predicted octanol–water partition coefficient (Wildman–Crippen LogP) is 2.22. The van der Waals surface area contributed by atoms with Crippen LogP contribution in [0.4, 0.5) is 5.69 Å². The summed E-state index contributed by atoms with van der Waals surface area (Å²) in [5.74, 6) is 5.28. The van der Waals surface area contributed by atoms with Gasteiger partial charge in [-0.05, 0) is 56.1 Å². The zero-order chi connectivity index (χ0) is 16.1. The van der Waals surface area contributed by atoms with Crippen LogP contribution in [0.25, 0.3) is 0 Å². The first-order chi connectivity index (χ1) is 11.8. The van der Waals surface area contributed by atoms with Crippen molar-refractivity contribution in [2.24, 2.45) is 23.7 Å². The van der Waals surface area contributed by atoms with E-state index >= 15 is 0 Å². The normalized spacial score (nSPS) is 38.5. The highest BCUT2D eigenvalue weighted by molar-refractivity contribution is 5.50. The van der Waals surface area contributed by atoms with Crippen molar-refractivity contribution in [3.63, 3.8) is 0 Å². The smallest absolute Gasteiger partial charge is 0.120 e. The molecule has 0 spiro atoms. The van der Waals surface area contributed by atoms with Gasteiger partial charge in [0.05, 0.1) is 39.3 Å². The number of methoxy groups -OCH3 is 1. The van der Waals surface area contributed by atoms with Crippen molar-refractivity contribution in [2.45, 2.75) is 38.1 Å². The summed E-state index contributed by atoms with van der Waals surface area (Å²) in [6, 6.07) is 9.57. The maximum absolute atomic E-state index is 5.39. The van der Waals surface area contributed by atoms with Crippen LogP contribution in [0.15, 0.2) is 24.3 Å². The quantitative estimate of drug-likeness (QED) is 0.917. The highest BCUT2D eigenvalue weighted by Gasteiger charge is 2.52. The van der Waals surface area contributed by atoms with Crippen molar-refractivity contribution < 1.29 is 9.64 Å². The van der Waals surface area contributed by atoms with Crippen molar-refractivity contribution in [3.05, 3.63) is 24.3 Å². The van der Waals surface area contributed by atoms with Gasteiger partial charge in [-0.3, -0.25) is 0 Å². The molecule has 1 aromatic rings. The monoisotopic (exact) mass is 327 g/mol. The van der Waals surface area contributed by atoms with Crippen LogP contribution in [0.5, 0.6) is 5.75 Å². The number of hydrogen-bond donors (Lipinski definition) is 1. The van der Waals surface area contributed by atoms with Gasteiger partial charge in [-0.2, -0.15) is 0 Å². The van der Waals surface area contributed by atoms with Crippen LogP contribution in [-0.2, 0) is 0 Å². The minimum atomic E-state index is 0.975. The van der Waals surface area contributed by atoms with Gasteiger partial charge in [-0.15, -0.1) is 0 Å². The third-order valence-corrected chi connectivity index (χ3v) is 7.52. The molecule has 6 rings (SSSR count). The zero-order valence-electron chi connectivity index (χ0n) is 14.9. The largest absolute Gasteiger partial charge is 0.497 e. The van der Waals surface area contributed by atoms with E-state index in [1.165, 1.54) is 31.9 Å². The summed E-state index contributed by atoms with van der Waals surface area (Å²) >= 11 is 0. The molecule has 0 radical (unpaired) electrons. The average Bonchev–Trinajstić information content (AvgIpc) is 2.61. The molecule has 0 atom stereocenters. The summed E-state index contributed by atoms with van der Waals surface area (Å²) in [5.41, 5.74) is 1.33. The van der Waals surface area contributed by atoms with Gasteiger partial charge in [0, 0.05) is 23.6 Å². The minimum absolute atomic E-state index is 0.975. The summed E-state index contributed by atoms with van der Waals surface area (Å²) in [7, 11) is 1.76. The number of nitrogens with zero attached hydrogens (tertiary/aromatic N) is 1. The molecule has 0 aromatic heterocycles. The van der Waals surface area contributed by atoms with Crippen LogP contribution in [0, 0.1) is 23.7 Å². The molecular weight excluding hydrogens is 296 g/mol. The number of ether oxygens (including phenoxy) is 1. The molecule has 1 saturated heterocycles. The molecule has 1 aliphatic heterocycles. The van der Waals surface area contributed by atoms with Gasteiger partial charge in [-0.25, -0.2) is 0 Å². The van der Waals surface area contributed by atoms with E-state index in [4.69, 9.17) is 4.74 Å². The summed E-state index contributed by atoms with van der Waals surface area (Å²) in [5, 5.41) is 0. The van der Waals surface area contributed by atoms with E-state index in [0.717, 1.165) is 35.5 Å². The van der Waals surface area contributed by atoms with E-state index in [2.05, 4.69) is 23.1 Å². The van der Waals surface area contributed by atoms with Gasteiger partial charge in [0.15, 0.2) is 0 Å². The Kier molecular flexibility index (Phi) is 3.73. The first kappa shape index (κ1) is 15.1. The van der Waals surface area contributed by atoms with Crippen LogP contribution in [0.1, 0.15) is 32.1 Å². The van der Waals surface area contributed by atoms with E-state index in [9.17, 15) is 0 Å². The maximum Gasteiger partial charge on any atom is 0.120 e. The lowest BCUT2D eigenvalue weighted by molar-refractivity contribution is -0.936. The summed E-state index contributed by atoms with van der Waals surface area (Å²) in [4.78, 5) is 4.49. The first-order valence-electron chi connectivity index (χ1n) is 10.0. The molecule has 3 nitrogen and oxygen atoms in total. The fourth-order valence-electron chi connectivity index (χ4n) is 6.78. The second-order valence-electron chi connectivity index (χ2n) is 8.80. The Balaban J connectivity index is 1.25. The molecule has 1 N–H and O–H groups in total. The van der Waals surface area contributed by atoms with Crippen LogP contribution in [0.3, 0.4) is 0 Å². The van der Waals surface area contributed by atoms with E-state index in [-0.39, 0.29) is 0 Å². The maximum atomic E-state index is 5.39. The van der Waals surface area contributed by atoms with Gasteiger partial charge >= 0.3 is 0 Å². The number of hydrogen-bond acceptors (Lipinski definition) is 2. The van der Waals surface area contributed by atoms with Gasteiger partial charge in [0.1, 0.15) is 5.75 Å². The molecule has 4 bridgehead atoms. The zero-order valence-corrected chi connectivity index (χ0v) is 14.9. The van der Waals surface area contributed by atoms with Crippen molar-refractivity contribution in [3.8, 4) is 5.75 Å². The molecule has 4 aliphatic carbocycles. The highest BCUT2D eigenvalue weighted by Crippen LogP contribution is 2.53. The van der Waals surface area contributed by atoms with Crippen LogP contribution in [-0.4, -0.2) is 39.3 Å². The predicted molar refractivity (Wildman–Crippen MR) is 96.7 cm³/mol. The number of quaternary nitrogens is 1. The fraction of sp³-hybridized carbons (Fsp3) is 0.714. The van der Waals surface area contributed by atoms with Crippen LogP contribution >= 0.6 is 0 Å². The topological polar surface area (TPSA) is 16.9 Å². The molecular formula is C21H31N2O+. The van der Waals surface area contributed by atoms with Gasteiger partial charge in [-0.1, -0.05) is 6.07 Å². The molecule has 24 heavy (non-hydrogen) atoms. The van der Waals surface area contributed by atoms with Crippen molar-refractivity contribution in [1.29, 1.82) is 0 Å². The molecule has 4 saturated carbocycles. The number of nitrogens with one attached hydrogen (secondary N) is 1. The second kappa shape index (κ2) is 5.94. The second-order valence-corrected chi connectivity index (χ2v) is 8.80. The number of rotatable bonds is 3. The standard InChI is InChI=1S/C21H30N2O/c1-24-20-4-2-3-19(14-20)22-5-7-23(8-6-22)21-17-10-15-9-16(12-17)13-18(21)11-15/h2-4,14-18,21H,5-13H2,1H3/p+1. The number of piperazine rings is 1. The molecule has 130 valence electrons. The molecule has 1 heterocycles. The minimum Gasteiger partial charge on any atom is -0.497 e. The van der Waals surface area contributed by atoms with Crippen LogP contribution < -0.4 is 14.5 Å². The molecule has 5 aliphatic rings. The average molecular weight is 327 g/mol. The van der Waals surface area contributed by atoms with Crippen molar-refractivity contribution >= 4 is 5.69 Å². The Morgan fingerprint density at radius 2 is 1.62 bits per heavy atom. The third-order valence-electron chi connectivity index (χ3n) is 7.52. The van der Waals surface area contributed by atoms with Crippen molar-refractivity contribution in [2.75, 3.05) is 38.2 Å². The van der Waals surface area contributed by atoms with E-state index in [1.54, 1.807) is 39.2 Å². The molecule has 5 fully saturated rings. The van der Waals surface area contributed by atoms with E-state index < -0.39 is 0 Å². The van der Waals surface area contributed by atoms with Crippen molar-refractivity contribution in [1.82, 2.24) is 0 Å². The Labute approximate surface area is 146 Å². The first-order valence-corrected chi connectivity index (χ1v) is 10.0. The lowest BCUT2D eigenvalue weighted by atomic mass is 9.54. The highest BCUT2D eigenvalue weighted by atomic mass is 16.5. The van der Waals surface area contributed by atoms with E-state index in [1.807, 2.05) is 11.0 Å². The van der Waals surface area contributed by atoms with Crippen LogP contribution in [0.2, 0.25) is 0 Å². The fourth-order valence-corrected chi connectivity index (χ4v) is 6.78. The summed E-state index contributed by atoms with van der Waals surface area (Å²) in [6.45, 7) is 5.05. The molecule has 3 heteroatoms. The lowest BCUT2D eigenvalue weighted by Crippen LogP contribution is -3.20. The Morgan fingerprint density at radius 3 is 2.25 bits per heavy atom. The Morgan fingerprint density at radius 1 is 0.958 bits per heavy atom. The molecule has 1 aromatic carbocycles. The van der Waals surface area contributed by atoms with Gasteiger partial charge < -0.3 is 14.5 Å². The lowest BCUT2D eigenvalue weighted by Gasteiger charge is -2.56. The SMILES string of the molecule is COc1cccc(N2CC[NH+](C3C4CC5CC(C4)CC3C5)CC2)c1. The Bertz CT molecular complexity index is 565. The van der Waals surface area contributed by atoms with E-state index in [0.29, 0.717) is 0 Å². The number of benzene rings is 1. The molecule has 0 amide bonds. The van der Waals surface area contributed by atoms with Gasteiger partial charge in [0.25, 0.3) is 0 Å². The summed E-state index contributed by atoms with van der Waals surface area (Å²) in [6.07, 6.45) is 7.79. The molecule has 0 unspecified atom stereocenters. The number of anilines is 1. The third kappa shape index (κ3) is 2.52. The van der Waals surface area contributed by atoms with Gasteiger partial charge in [0.2, 0.25) is 0 Å².